The Morgan fingerprint density at radius 3 is 2.08 bits per heavy atom. The standard InChI is InChI=1S/C20H15F3N2O/c21-17-4-2-1-3-13(17)11-20(26)25-15-7-5-14(6-8-15)24-16-9-10-18(22)19(23)12-16/h1-10,12,24H,11H2,(H,25,26). The Labute approximate surface area is 148 Å². The number of rotatable bonds is 5. The van der Waals surface area contributed by atoms with Crippen molar-refractivity contribution in [2.75, 3.05) is 10.6 Å². The number of benzene rings is 3. The summed E-state index contributed by atoms with van der Waals surface area (Å²) >= 11 is 0. The quantitative estimate of drug-likeness (QED) is 0.673. The summed E-state index contributed by atoms with van der Waals surface area (Å²) < 4.78 is 39.7. The molecule has 0 saturated heterocycles. The van der Waals surface area contributed by atoms with E-state index in [1.807, 2.05) is 0 Å². The summed E-state index contributed by atoms with van der Waals surface area (Å²) in [4.78, 5) is 12.0. The Morgan fingerprint density at radius 2 is 1.38 bits per heavy atom. The lowest BCUT2D eigenvalue weighted by molar-refractivity contribution is -0.115. The summed E-state index contributed by atoms with van der Waals surface area (Å²) in [6, 6.07) is 16.3. The molecule has 132 valence electrons. The lowest BCUT2D eigenvalue weighted by Crippen LogP contribution is -2.15. The third-order valence-corrected chi connectivity index (χ3v) is 3.69. The second-order valence-electron chi connectivity index (χ2n) is 5.65. The van der Waals surface area contributed by atoms with Crippen molar-refractivity contribution in [3.63, 3.8) is 0 Å². The smallest absolute Gasteiger partial charge is 0.228 e. The Morgan fingerprint density at radius 1 is 0.731 bits per heavy atom. The van der Waals surface area contributed by atoms with Crippen LogP contribution in [0.3, 0.4) is 0 Å². The summed E-state index contributed by atoms with van der Waals surface area (Å²) in [6.07, 6.45) is -0.0679. The molecule has 0 aliphatic carbocycles. The highest BCUT2D eigenvalue weighted by molar-refractivity contribution is 5.92. The zero-order valence-electron chi connectivity index (χ0n) is 13.6. The van der Waals surface area contributed by atoms with Crippen molar-refractivity contribution >= 4 is 23.0 Å². The first kappa shape index (κ1) is 17.5. The van der Waals surface area contributed by atoms with Crippen LogP contribution in [-0.2, 0) is 11.2 Å². The molecule has 0 unspecified atom stereocenters. The van der Waals surface area contributed by atoms with Crippen LogP contribution in [0.1, 0.15) is 5.56 Å². The van der Waals surface area contributed by atoms with Crippen molar-refractivity contribution < 1.29 is 18.0 Å². The predicted octanol–water partition coefficient (Wildman–Crippen LogP) is 5.03. The molecule has 0 aliphatic heterocycles. The normalized spacial score (nSPS) is 10.4. The third kappa shape index (κ3) is 4.42. The second-order valence-corrected chi connectivity index (χ2v) is 5.65. The van der Waals surface area contributed by atoms with Gasteiger partial charge in [0.15, 0.2) is 11.6 Å². The fourth-order valence-corrected chi connectivity index (χ4v) is 2.40. The number of halogens is 3. The summed E-state index contributed by atoms with van der Waals surface area (Å²) in [5, 5.41) is 5.61. The molecule has 0 heterocycles. The summed E-state index contributed by atoms with van der Waals surface area (Å²) in [6.45, 7) is 0. The minimum Gasteiger partial charge on any atom is -0.355 e. The van der Waals surface area contributed by atoms with Gasteiger partial charge in [0, 0.05) is 23.1 Å². The average Bonchev–Trinajstić information content (AvgIpc) is 2.62. The molecule has 1 amide bonds. The summed E-state index contributed by atoms with van der Waals surface area (Å²) in [7, 11) is 0. The maximum Gasteiger partial charge on any atom is 0.228 e. The zero-order chi connectivity index (χ0) is 18.5. The molecule has 3 aromatic rings. The van der Waals surface area contributed by atoms with E-state index in [1.54, 1.807) is 42.5 Å². The average molecular weight is 356 g/mol. The van der Waals surface area contributed by atoms with Crippen LogP contribution < -0.4 is 10.6 Å². The predicted molar refractivity (Wildman–Crippen MR) is 94.8 cm³/mol. The van der Waals surface area contributed by atoms with Crippen LogP contribution in [-0.4, -0.2) is 5.91 Å². The van der Waals surface area contributed by atoms with Gasteiger partial charge in [-0.15, -0.1) is 0 Å². The highest BCUT2D eigenvalue weighted by atomic mass is 19.2. The van der Waals surface area contributed by atoms with Crippen molar-refractivity contribution in [2.45, 2.75) is 6.42 Å². The first-order valence-corrected chi connectivity index (χ1v) is 7.86. The van der Waals surface area contributed by atoms with Crippen molar-refractivity contribution in [1.29, 1.82) is 0 Å². The van der Waals surface area contributed by atoms with Crippen LogP contribution in [0.25, 0.3) is 0 Å². The van der Waals surface area contributed by atoms with E-state index in [1.165, 1.54) is 12.1 Å². The molecular weight excluding hydrogens is 341 g/mol. The second kappa shape index (κ2) is 7.74. The highest BCUT2D eigenvalue weighted by Crippen LogP contribution is 2.21. The molecule has 2 N–H and O–H groups in total. The first-order chi connectivity index (χ1) is 12.5. The Hall–Kier alpha value is -3.28. The molecule has 0 spiro atoms. The molecule has 0 aliphatic rings. The number of amides is 1. The zero-order valence-corrected chi connectivity index (χ0v) is 13.6. The topological polar surface area (TPSA) is 41.1 Å². The minimum absolute atomic E-state index is 0.0679. The van der Waals surface area contributed by atoms with Crippen LogP contribution in [0.4, 0.5) is 30.2 Å². The monoisotopic (exact) mass is 356 g/mol. The molecular formula is C20H15F3N2O. The Balaban J connectivity index is 1.61. The van der Waals surface area contributed by atoms with Gasteiger partial charge in [0.25, 0.3) is 0 Å². The van der Waals surface area contributed by atoms with Gasteiger partial charge in [0.2, 0.25) is 5.91 Å². The van der Waals surface area contributed by atoms with E-state index in [9.17, 15) is 18.0 Å². The molecule has 6 heteroatoms. The van der Waals surface area contributed by atoms with Gasteiger partial charge >= 0.3 is 0 Å². The summed E-state index contributed by atoms with van der Waals surface area (Å²) in [5.41, 5.74) is 1.91. The molecule has 0 saturated carbocycles. The third-order valence-electron chi connectivity index (χ3n) is 3.69. The van der Waals surface area contributed by atoms with Crippen LogP contribution in [0.2, 0.25) is 0 Å². The van der Waals surface area contributed by atoms with E-state index in [4.69, 9.17) is 0 Å². The number of carbonyl (C=O) groups excluding carboxylic acids is 1. The number of hydrogen-bond acceptors (Lipinski definition) is 2. The molecule has 0 atom stereocenters. The minimum atomic E-state index is -0.938. The number of anilines is 3. The first-order valence-electron chi connectivity index (χ1n) is 7.86. The van der Waals surface area contributed by atoms with E-state index in [2.05, 4.69) is 10.6 Å². The van der Waals surface area contributed by atoms with Gasteiger partial charge in [-0.1, -0.05) is 18.2 Å². The van der Waals surface area contributed by atoms with Gasteiger partial charge in [-0.25, -0.2) is 13.2 Å². The molecule has 3 rings (SSSR count). The molecule has 26 heavy (non-hydrogen) atoms. The van der Waals surface area contributed by atoms with Gasteiger partial charge in [0.1, 0.15) is 5.82 Å². The molecule has 3 nitrogen and oxygen atoms in total. The molecule has 0 radical (unpaired) electrons. The van der Waals surface area contributed by atoms with E-state index in [0.29, 0.717) is 22.6 Å². The summed E-state index contributed by atoms with van der Waals surface area (Å²) in [5.74, 6) is -2.61. The molecule has 3 aromatic carbocycles. The van der Waals surface area contributed by atoms with Crippen molar-refractivity contribution in [1.82, 2.24) is 0 Å². The van der Waals surface area contributed by atoms with Gasteiger partial charge in [-0.05, 0) is 48.0 Å². The van der Waals surface area contributed by atoms with Crippen LogP contribution in [0.15, 0.2) is 66.7 Å². The van der Waals surface area contributed by atoms with Gasteiger partial charge in [-0.3, -0.25) is 4.79 Å². The van der Waals surface area contributed by atoms with Crippen molar-refractivity contribution in [3.05, 3.63) is 89.7 Å². The number of hydrogen-bond donors (Lipinski definition) is 2. The van der Waals surface area contributed by atoms with Crippen molar-refractivity contribution in [3.8, 4) is 0 Å². The molecule has 0 fully saturated rings. The SMILES string of the molecule is O=C(Cc1ccccc1F)Nc1ccc(Nc2ccc(F)c(F)c2)cc1. The number of carbonyl (C=O) groups is 1. The fraction of sp³-hybridized carbons (Fsp3) is 0.0500. The Kier molecular flexibility index (Phi) is 5.22. The maximum atomic E-state index is 13.6. The molecule has 0 aromatic heterocycles. The highest BCUT2D eigenvalue weighted by Gasteiger charge is 2.08. The van der Waals surface area contributed by atoms with Crippen LogP contribution >= 0.6 is 0 Å². The lowest BCUT2D eigenvalue weighted by Gasteiger charge is -2.09. The van der Waals surface area contributed by atoms with Crippen LogP contribution in [0, 0.1) is 17.5 Å². The Bertz CT molecular complexity index is 927. The fourth-order valence-electron chi connectivity index (χ4n) is 2.40. The lowest BCUT2D eigenvalue weighted by atomic mass is 10.1. The largest absolute Gasteiger partial charge is 0.355 e. The van der Waals surface area contributed by atoms with Gasteiger partial charge in [-0.2, -0.15) is 0 Å². The van der Waals surface area contributed by atoms with E-state index >= 15 is 0 Å². The van der Waals surface area contributed by atoms with Gasteiger partial charge in [0.05, 0.1) is 6.42 Å². The van der Waals surface area contributed by atoms with Gasteiger partial charge < -0.3 is 10.6 Å². The number of nitrogens with one attached hydrogen (secondary N) is 2. The van der Waals surface area contributed by atoms with Crippen LogP contribution in [0.5, 0.6) is 0 Å². The van der Waals surface area contributed by atoms with Crippen molar-refractivity contribution in [2.24, 2.45) is 0 Å². The maximum absolute atomic E-state index is 13.6. The van der Waals surface area contributed by atoms with E-state index in [-0.39, 0.29) is 12.3 Å². The van der Waals surface area contributed by atoms with E-state index < -0.39 is 17.5 Å². The molecule has 0 bridgehead atoms. The van der Waals surface area contributed by atoms with E-state index in [0.717, 1.165) is 12.1 Å².